The topological polar surface area (TPSA) is 111 Å². The fraction of sp³-hybridized carbons (Fsp3) is 0.250. The molecule has 1 N–H and O–H groups in total. The van der Waals surface area contributed by atoms with Crippen molar-refractivity contribution in [2.45, 2.75) is 18.4 Å². The fourth-order valence-corrected chi connectivity index (χ4v) is 2.83. The van der Waals surface area contributed by atoms with Crippen molar-refractivity contribution in [2.24, 2.45) is 0 Å². The molecule has 1 heterocycles. The average molecular weight is 380 g/mol. The molecule has 0 aliphatic rings. The minimum atomic E-state index is -3.92. The smallest absolute Gasteiger partial charge is 0.321 e. The maximum Gasteiger partial charge on any atom is 0.321 e. The SMILES string of the molecule is Cc1noc(COC(=O)CNS(=O)(=O)c2ccc(Cl)c(Cl)c2)n1. The Bertz CT molecular complexity index is 822. The molecule has 2 rings (SSSR count). The van der Waals surface area contributed by atoms with E-state index in [-0.39, 0.29) is 27.4 Å². The fourth-order valence-electron chi connectivity index (χ4n) is 1.47. The molecule has 2 aromatic rings. The van der Waals surface area contributed by atoms with Crippen LogP contribution in [-0.2, 0) is 26.2 Å². The lowest BCUT2D eigenvalue weighted by Crippen LogP contribution is -2.30. The molecule has 1 aromatic carbocycles. The van der Waals surface area contributed by atoms with Crippen molar-refractivity contribution in [3.8, 4) is 0 Å². The molecule has 0 unspecified atom stereocenters. The molecular weight excluding hydrogens is 369 g/mol. The van der Waals surface area contributed by atoms with Crippen molar-refractivity contribution in [3.05, 3.63) is 40.0 Å². The highest BCUT2D eigenvalue weighted by molar-refractivity contribution is 7.89. The zero-order chi connectivity index (χ0) is 17.0. The largest absolute Gasteiger partial charge is 0.455 e. The van der Waals surface area contributed by atoms with Crippen LogP contribution in [0.15, 0.2) is 27.6 Å². The lowest BCUT2D eigenvalue weighted by molar-refractivity contribution is -0.144. The first-order chi connectivity index (χ1) is 10.8. The van der Waals surface area contributed by atoms with E-state index in [0.717, 1.165) is 0 Å². The summed E-state index contributed by atoms with van der Waals surface area (Å²) in [5.41, 5.74) is 0. The monoisotopic (exact) mass is 379 g/mol. The number of sulfonamides is 1. The van der Waals surface area contributed by atoms with E-state index in [1.54, 1.807) is 6.92 Å². The van der Waals surface area contributed by atoms with Crippen LogP contribution in [0.4, 0.5) is 0 Å². The number of esters is 1. The van der Waals surface area contributed by atoms with E-state index in [1.807, 2.05) is 0 Å². The van der Waals surface area contributed by atoms with Gasteiger partial charge in [0, 0.05) is 0 Å². The van der Waals surface area contributed by atoms with Crippen molar-refractivity contribution in [3.63, 3.8) is 0 Å². The third kappa shape index (κ3) is 4.90. The maximum atomic E-state index is 12.0. The molecule has 0 saturated heterocycles. The van der Waals surface area contributed by atoms with Gasteiger partial charge in [-0.3, -0.25) is 4.79 Å². The van der Waals surface area contributed by atoms with Crippen LogP contribution in [0, 0.1) is 6.92 Å². The average Bonchev–Trinajstić information content (AvgIpc) is 2.91. The molecule has 0 saturated carbocycles. The number of aryl methyl sites for hydroxylation is 1. The van der Waals surface area contributed by atoms with Gasteiger partial charge in [-0.2, -0.15) is 9.71 Å². The number of hydrogen-bond acceptors (Lipinski definition) is 7. The van der Waals surface area contributed by atoms with Crippen LogP contribution >= 0.6 is 23.2 Å². The van der Waals surface area contributed by atoms with Crippen LogP contribution in [-0.4, -0.2) is 31.1 Å². The third-order valence-corrected chi connectivity index (χ3v) is 4.67. The second-order valence-electron chi connectivity index (χ2n) is 4.30. The van der Waals surface area contributed by atoms with Crippen LogP contribution in [0.5, 0.6) is 0 Å². The normalized spacial score (nSPS) is 11.4. The number of benzene rings is 1. The van der Waals surface area contributed by atoms with Crippen molar-refractivity contribution in [1.82, 2.24) is 14.9 Å². The van der Waals surface area contributed by atoms with Gasteiger partial charge in [0.25, 0.3) is 5.89 Å². The highest BCUT2D eigenvalue weighted by Crippen LogP contribution is 2.24. The van der Waals surface area contributed by atoms with Crippen molar-refractivity contribution in [2.75, 3.05) is 6.54 Å². The van der Waals surface area contributed by atoms with Crippen LogP contribution in [0.1, 0.15) is 11.7 Å². The number of hydrogen-bond donors (Lipinski definition) is 1. The number of nitrogens with zero attached hydrogens (tertiary/aromatic N) is 2. The molecule has 23 heavy (non-hydrogen) atoms. The second kappa shape index (κ2) is 7.26. The maximum absolute atomic E-state index is 12.0. The Morgan fingerprint density at radius 3 is 2.70 bits per heavy atom. The molecule has 8 nitrogen and oxygen atoms in total. The van der Waals surface area contributed by atoms with Gasteiger partial charge in [-0.05, 0) is 25.1 Å². The van der Waals surface area contributed by atoms with Gasteiger partial charge in [0.2, 0.25) is 10.0 Å². The molecule has 0 aliphatic heterocycles. The Kier molecular flexibility index (Phi) is 5.58. The van der Waals surface area contributed by atoms with Gasteiger partial charge in [0.15, 0.2) is 12.4 Å². The number of carbonyl (C=O) groups excluding carboxylic acids is 1. The third-order valence-electron chi connectivity index (χ3n) is 2.53. The first-order valence-electron chi connectivity index (χ1n) is 6.17. The van der Waals surface area contributed by atoms with Gasteiger partial charge in [0.05, 0.1) is 14.9 Å². The standard InChI is InChI=1S/C12H11Cl2N3O5S/c1-7-16-11(22-17-7)6-21-12(18)5-15-23(19,20)8-2-3-9(13)10(14)4-8/h2-4,15H,5-6H2,1H3. The van der Waals surface area contributed by atoms with Crippen LogP contribution in [0.3, 0.4) is 0 Å². The summed E-state index contributed by atoms with van der Waals surface area (Å²) < 4.78 is 35.7. The molecule has 0 atom stereocenters. The highest BCUT2D eigenvalue weighted by Gasteiger charge is 2.17. The number of halogens is 2. The summed E-state index contributed by atoms with van der Waals surface area (Å²) in [4.78, 5) is 15.3. The summed E-state index contributed by atoms with van der Waals surface area (Å²) in [6, 6.07) is 3.79. The minimum Gasteiger partial charge on any atom is -0.455 e. The predicted octanol–water partition coefficient (Wildman–Crippen LogP) is 1.71. The van der Waals surface area contributed by atoms with Gasteiger partial charge >= 0.3 is 5.97 Å². The zero-order valence-electron chi connectivity index (χ0n) is 11.7. The van der Waals surface area contributed by atoms with Crippen LogP contribution in [0.2, 0.25) is 10.0 Å². The second-order valence-corrected chi connectivity index (χ2v) is 6.88. The van der Waals surface area contributed by atoms with E-state index in [0.29, 0.717) is 5.82 Å². The van der Waals surface area contributed by atoms with E-state index >= 15 is 0 Å². The van der Waals surface area contributed by atoms with Crippen LogP contribution < -0.4 is 4.72 Å². The van der Waals surface area contributed by atoms with Gasteiger partial charge in [-0.15, -0.1) is 0 Å². The molecule has 0 radical (unpaired) electrons. The van der Waals surface area contributed by atoms with Crippen LogP contribution in [0.25, 0.3) is 0 Å². The molecule has 0 aliphatic carbocycles. The first kappa shape index (κ1) is 17.7. The zero-order valence-corrected chi connectivity index (χ0v) is 14.1. The molecule has 11 heteroatoms. The number of nitrogens with one attached hydrogen (secondary N) is 1. The minimum absolute atomic E-state index is 0.0869. The summed E-state index contributed by atoms with van der Waals surface area (Å²) in [5, 5.41) is 3.83. The predicted molar refractivity (Wildman–Crippen MR) is 80.5 cm³/mol. The van der Waals surface area contributed by atoms with Gasteiger partial charge in [-0.25, -0.2) is 8.42 Å². The number of carbonyl (C=O) groups is 1. The van der Waals surface area contributed by atoms with E-state index in [1.165, 1.54) is 18.2 Å². The highest BCUT2D eigenvalue weighted by atomic mass is 35.5. The van der Waals surface area contributed by atoms with Crippen molar-refractivity contribution >= 4 is 39.2 Å². The van der Waals surface area contributed by atoms with Gasteiger partial charge in [0.1, 0.15) is 6.54 Å². The van der Waals surface area contributed by atoms with E-state index in [4.69, 9.17) is 32.5 Å². The quantitative estimate of drug-likeness (QED) is 0.760. The van der Waals surface area contributed by atoms with E-state index in [9.17, 15) is 13.2 Å². The number of aromatic nitrogens is 2. The van der Waals surface area contributed by atoms with Gasteiger partial charge < -0.3 is 9.26 Å². The Morgan fingerprint density at radius 1 is 1.35 bits per heavy atom. The summed E-state index contributed by atoms with van der Waals surface area (Å²) in [7, 11) is -3.92. The van der Waals surface area contributed by atoms with Crippen molar-refractivity contribution < 1.29 is 22.5 Å². The molecular formula is C12H11Cl2N3O5S. The summed E-state index contributed by atoms with van der Waals surface area (Å²) >= 11 is 11.5. The molecule has 0 fully saturated rings. The summed E-state index contributed by atoms with van der Waals surface area (Å²) in [5.74, 6) is -0.288. The Balaban J connectivity index is 1.90. The molecule has 1 aromatic heterocycles. The van der Waals surface area contributed by atoms with Gasteiger partial charge in [-0.1, -0.05) is 28.4 Å². The van der Waals surface area contributed by atoms with E-state index in [2.05, 4.69) is 14.9 Å². The molecule has 124 valence electrons. The Labute approximate surface area is 141 Å². The Hall–Kier alpha value is -1.68. The number of ether oxygens (including phenoxy) is 1. The Morgan fingerprint density at radius 2 is 2.09 bits per heavy atom. The van der Waals surface area contributed by atoms with E-state index < -0.39 is 22.5 Å². The lowest BCUT2D eigenvalue weighted by Gasteiger charge is -2.07. The number of rotatable bonds is 6. The summed E-state index contributed by atoms with van der Waals surface area (Å²) in [6.07, 6.45) is 0. The van der Waals surface area contributed by atoms with Crippen molar-refractivity contribution in [1.29, 1.82) is 0 Å². The first-order valence-corrected chi connectivity index (χ1v) is 8.41. The molecule has 0 bridgehead atoms. The molecule has 0 spiro atoms. The summed E-state index contributed by atoms with van der Waals surface area (Å²) in [6.45, 7) is 0.810. The lowest BCUT2D eigenvalue weighted by atomic mass is 10.4. The molecule has 0 amide bonds.